The third-order valence-electron chi connectivity index (χ3n) is 3.12. The Morgan fingerprint density at radius 1 is 1.24 bits per heavy atom. The van der Waals surface area contributed by atoms with Gasteiger partial charge < -0.3 is 5.73 Å². The summed E-state index contributed by atoms with van der Waals surface area (Å²) in [5.41, 5.74) is 10.5. The fraction of sp³-hybridized carbons (Fsp3) is 0.357. The number of anilines is 1. The highest BCUT2D eigenvalue weighted by molar-refractivity contribution is 5.68. The van der Waals surface area contributed by atoms with Crippen molar-refractivity contribution in [2.75, 3.05) is 5.73 Å². The van der Waals surface area contributed by atoms with E-state index in [1.165, 1.54) is 5.56 Å². The molecule has 0 spiro atoms. The van der Waals surface area contributed by atoms with E-state index in [1.807, 2.05) is 0 Å². The Bertz CT molecular complexity index is 495. The summed E-state index contributed by atoms with van der Waals surface area (Å²) in [5.74, 6) is 1.16. The Morgan fingerprint density at radius 3 is 2.41 bits per heavy atom. The number of hydrogen-bond acceptors (Lipinski definition) is 2. The zero-order valence-electron chi connectivity index (χ0n) is 10.6. The van der Waals surface area contributed by atoms with E-state index < -0.39 is 0 Å². The molecule has 0 atom stereocenters. The normalized spacial score (nSPS) is 11.1. The van der Waals surface area contributed by atoms with Crippen molar-refractivity contribution in [3.8, 4) is 11.3 Å². The highest BCUT2D eigenvalue weighted by Crippen LogP contribution is 2.27. The molecule has 0 saturated heterocycles. The molecule has 0 aliphatic carbocycles. The molecule has 17 heavy (non-hydrogen) atoms. The first-order valence-corrected chi connectivity index (χ1v) is 6.06. The summed E-state index contributed by atoms with van der Waals surface area (Å²) < 4.78 is 0. The predicted octanol–water partition coefficient (Wildman–Crippen LogP) is 3.34. The summed E-state index contributed by atoms with van der Waals surface area (Å²) >= 11 is 0. The van der Waals surface area contributed by atoms with Gasteiger partial charge in [0.1, 0.15) is 5.82 Å². The van der Waals surface area contributed by atoms with Crippen molar-refractivity contribution in [1.29, 1.82) is 0 Å². The molecule has 0 unspecified atom stereocenters. The van der Waals surface area contributed by atoms with Crippen LogP contribution >= 0.6 is 0 Å². The lowest BCUT2D eigenvalue weighted by atomic mass is 9.99. The Labute approximate surface area is 102 Å². The Morgan fingerprint density at radius 2 is 1.88 bits per heavy atom. The molecular formula is C14H19N3. The van der Waals surface area contributed by atoms with Gasteiger partial charge in [0.25, 0.3) is 0 Å². The minimum Gasteiger partial charge on any atom is -0.382 e. The number of nitrogens with one attached hydrogen (secondary N) is 1. The average Bonchev–Trinajstić information content (AvgIpc) is 2.70. The molecule has 0 amide bonds. The SMILES string of the molecule is CCc1c(N)n[nH]c1-c1ccc(C(C)C)cc1. The van der Waals surface area contributed by atoms with Gasteiger partial charge in [0.15, 0.2) is 0 Å². The van der Waals surface area contributed by atoms with Crippen molar-refractivity contribution >= 4 is 5.82 Å². The van der Waals surface area contributed by atoms with Crippen molar-refractivity contribution in [3.63, 3.8) is 0 Å². The van der Waals surface area contributed by atoms with E-state index in [4.69, 9.17) is 5.73 Å². The second-order valence-corrected chi connectivity index (χ2v) is 4.59. The van der Waals surface area contributed by atoms with Crippen molar-refractivity contribution in [3.05, 3.63) is 35.4 Å². The Hall–Kier alpha value is -1.77. The molecule has 2 aromatic rings. The fourth-order valence-corrected chi connectivity index (χ4v) is 2.01. The molecule has 0 aliphatic rings. The Kier molecular flexibility index (Phi) is 3.18. The summed E-state index contributed by atoms with van der Waals surface area (Å²) in [5, 5.41) is 7.09. The second-order valence-electron chi connectivity index (χ2n) is 4.59. The van der Waals surface area contributed by atoms with Crippen molar-refractivity contribution in [1.82, 2.24) is 10.2 Å². The van der Waals surface area contributed by atoms with Gasteiger partial charge in [0.05, 0.1) is 5.69 Å². The van der Waals surface area contributed by atoms with Crippen molar-refractivity contribution in [2.24, 2.45) is 0 Å². The summed E-state index contributed by atoms with van der Waals surface area (Å²) in [6, 6.07) is 8.58. The van der Waals surface area contributed by atoms with Crippen LogP contribution in [0.2, 0.25) is 0 Å². The summed E-state index contributed by atoms with van der Waals surface area (Å²) in [7, 11) is 0. The molecule has 0 bridgehead atoms. The van der Waals surface area contributed by atoms with Gasteiger partial charge in [0, 0.05) is 5.56 Å². The van der Waals surface area contributed by atoms with E-state index in [2.05, 4.69) is 55.2 Å². The lowest BCUT2D eigenvalue weighted by Gasteiger charge is -2.07. The average molecular weight is 229 g/mol. The quantitative estimate of drug-likeness (QED) is 0.848. The van der Waals surface area contributed by atoms with Gasteiger partial charge in [-0.25, -0.2) is 0 Å². The van der Waals surface area contributed by atoms with Crippen molar-refractivity contribution in [2.45, 2.75) is 33.1 Å². The molecule has 0 fully saturated rings. The number of benzene rings is 1. The maximum absolute atomic E-state index is 5.82. The van der Waals surface area contributed by atoms with Crippen LogP contribution in [0, 0.1) is 0 Å². The van der Waals surface area contributed by atoms with Gasteiger partial charge in [-0.3, -0.25) is 5.10 Å². The third-order valence-corrected chi connectivity index (χ3v) is 3.12. The van der Waals surface area contributed by atoms with Crippen molar-refractivity contribution < 1.29 is 0 Å². The first kappa shape index (κ1) is 11.7. The highest BCUT2D eigenvalue weighted by atomic mass is 15.2. The van der Waals surface area contributed by atoms with Crippen LogP contribution in [-0.2, 0) is 6.42 Å². The van der Waals surface area contributed by atoms with E-state index in [9.17, 15) is 0 Å². The first-order valence-electron chi connectivity index (χ1n) is 6.06. The zero-order chi connectivity index (χ0) is 12.4. The molecule has 0 radical (unpaired) electrons. The molecule has 0 aliphatic heterocycles. The minimum atomic E-state index is 0.557. The number of aromatic nitrogens is 2. The van der Waals surface area contributed by atoms with E-state index >= 15 is 0 Å². The number of rotatable bonds is 3. The van der Waals surface area contributed by atoms with Crippen LogP contribution in [0.1, 0.15) is 37.8 Å². The van der Waals surface area contributed by atoms with E-state index in [0.717, 1.165) is 23.2 Å². The molecule has 1 aromatic carbocycles. The van der Waals surface area contributed by atoms with Crippen LogP contribution in [0.3, 0.4) is 0 Å². The highest BCUT2D eigenvalue weighted by Gasteiger charge is 2.10. The van der Waals surface area contributed by atoms with Gasteiger partial charge in [-0.05, 0) is 23.5 Å². The maximum Gasteiger partial charge on any atom is 0.149 e. The molecular weight excluding hydrogens is 210 g/mol. The number of H-pyrrole nitrogens is 1. The molecule has 3 nitrogen and oxygen atoms in total. The van der Waals surface area contributed by atoms with Gasteiger partial charge in [0.2, 0.25) is 0 Å². The molecule has 90 valence electrons. The number of hydrogen-bond donors (Lipinski definition) is 2. The van der Waals surface area contributed by atoms with Crippen LogP contribution in [0.25, 0.3) is 11.3 Å². The fourth-order valence-electron chi connectivity index (χ4n) is 2.01. The van der Waals surface area contributed by atoms with Crippen LogP contribution in [0.4, 0.5) is 5.82 Å². The summed E-state index contributed by atoms with van der Waals surface area (Å²) in [6.45, 7) is 6.48. The maximum atomic E-state index is 5.82. The van der Waals surface area contributed by atoms with Gasteiger partial charge in [-0.15, -0.1) is 0 Å². The lowest BCUT2D eigenvalue weighted by molar-refractivity contribution is 0.867. The molecule has 2 rings (SSSR count). The smallest absolute Gasteiger partial charge is 0.149 e. The minimum absolute atomic E-state index is 0.557. The predicted molar refractivity (Wildman–Crippen MR) is 71.9 cm³/mol. The molecule has 3 heteroatoms. The van der Waals surface area contributed by atoms with Crippen LogP contribution < -0.4 is 5.73 Å². The molecule has 3 N–H and O–H groups in total. The third kappa shape index (κ3) is 2.18. The van der Waals surface area contributed by atoms with Crippen LogP contribution in [0.15, 0.2) is 24.3 Å². The second kappa shape index (κ2) is 4.62. The monoisotopic (exact) mass is 229 g/mol. The van der Waals surface area contributed by atoms with Gasteiger partial charge >= 0.3 is 0 Å². The first-order chi connectivity index (χ1) is 8.13. The summed E-state index contributed by atoms with van der Waals surface area (Å²) in [6.07, 6.45) is 0.892. The molecule has 1 aromatic heterocycles. The lowest BCUT2D eigenvalue weighted by Crippen LogP contribution is -1.91. The Balaban J connectivity index is 2.39. The zero-order valence-corrected chi connectivity index (χ0v) is 10.6. The van der Waals surface area contributed by atoms with E-state index in [-0.39, 0.29) is 0 Å². The topological polar surface area (TPSA) is 54.7 Å². The number of aromatic amines is 1. The number of nitrogens with zero attached hydrogens (tertiary/aromatic N) is 1. The number of nitrogens with two attached hydrogens (primary N) is 1. The standard InChI is InChI=1S/C14H19N3/c1-4-12-13(16-17-14(12)15)11-7-5-10(6-8-11)9(2)3/h5-9H,4H2,1-3H3,(H3,15,16,17). The molecule has 1 heterocycles. The molecule has 0 saturated carbocycles. The van der Waals surface area contributed by atoms with Gasteiger partial charge in [-0.1, -0.05) is 45.0 Å². The van der Waals surface area contributed by atoms with Gasteiger partial charge in [-0.2, -0.15) is 5.10 Å². The summed E-state index contributed by atoms with van der Waals surface area (Å²) in [4.78, 5) is 0. The van der Waals surface area contributed by atoms with E-state index in [0.29, 0.717) is 11.7 Å². The van der Waals surface area contributed by atoms with Crippen LogP contribution in [0.5, 0.6) is 0 Å². The van der Waals surface area contributed by atoms with E-state index in [1.54, 1.807) is 0 Å². The number of nitrogen functional groups attached to an aromatic ring is 1. The largest absolute Gasteiger partial charge is 0.382 e. The van der Waals surface area contributed by atoms with Crippen LogP contribution in [-0.4, -0.2) is 10.2 Å².